The lowest BCUT2D eigenvalue weighted by atomic mass is 10.1. The van der Waals surface area contributed by atoms with E-state index in [-0.39, 0.29) is 5.97 Å². The molecule has 0 saturated heterocycles. The van der Waals surface area contributed by atoms with E-state index in [2.05, 4.69) is 31.2 Å². The highest BCUT2D eigenvalue weighted by Crippen LogP contribution is 2.07. The molecule has 0 aliphatic carbocycles. The van der Waals surface area contributed by atoms with Crippen molar-refractivity contribution < 1.29 is 9.53 Å². The highest BCUT2D eigenvalue weighted by Gasteiger charge is 1.91. The molecule has 0 saturated carbocycles. The molecule has 0 radical (unpaired) electrons. The highest BCUT2D eigenvalue weighted by atomic mass is 16.5. The number of carbonyl (C=O) groups excluding carboxylic acids is 1. The number of hydrogen-bond acceptors (Lipinski definition) is 2. The van der Waals surface area contributed by atoms with E-state index in [1.165, 1.54) is 51.9 Å². The third-order valence-electron chi connectivity index (χ3n) is 3.63. The zero-order valence-corrected chi connectivity index (χ0v) is 14.8. The summed E-state index contributed by atoms with van der Waals surface area (Å²) in [6.07, 6.45) is 24.1. The first kappa shape index (κ1) is 20.9. The van der Waals surface area contributed by atoms with Gasteiger partial charge in [-0.3, -0.25) is 4.79 Å². The molecule has 0 amide bonds. The lowest BCUT2D eigenvalue weighted by Gasteiger charge is -1.99. The summed E-state index contributed by atoms with van der Waals surface area (Å²) < 4.78 is 4.89. The molecule has 0 bridgehead atoms. The van der Waals surface area contributed by atoms with Crippen LogP contribution in [0.3, 0.4) is 0 Å². The molecule has 0 fully saturated rings. The van der Waals surface area contributed by atoms with Crippen molar-refractivity contribution in [1.82, 2.24) is 0 Å². The second-order valence-electron chi connectivity index (χ2n) is 5.91. The van der Waals surface area contributed by atoms with Crippen LogP contribution in [0.2, 0.25) is 0 Å². The number of allylic oxidation sites excluding steroid dienone is 4. The summed E-state index contributed by atoms with van der Waals surface area (Å²) >= 11 is 0. The van der Waals surface area contributed by atoms with Crippen LogP contribution in [-0.4, -0.2) is 12.6 Å². The van der Waals surface area contributed by atoms with Gasteiger partial charge in [0.15, 0.2) is 0 Å². The molecule has 0 aromatic heterocycles. The topological polar surface area (TPSA) is 26.3 Å². The molecule has 2 heteroatoms. The van der Waals surface area contributed by atoms with Gasteiger partial charge >= 0.3 is 5.97 Å². The van der Waals surface area contributed by atoms with E-state index in [9.17, 15) is 4.79 Å². The molecule has 0 spiro atoms. The normalized spacial score (nSPS) is 11.5. The fraction of sp³-hybridized carbons (Fsp3) is 0.750. The number of carbonyl (C=O) groups is 1. The van der Waals surface area contributed by atoms with Crippen LogP contribution in [0, 0.1) is 0 Å². The average Bonchev–Trinajstić information content (AvgIpc) is 2.50. The van der Waals surface area contributed by atoms with Crippen LogP contribution in [-0.2, 0) is 9.53 Å². The third kappa shape index (κ3) is 18.9. The molecule has 0 aliphatic rings. The first-order valence-electron chi connectivity index (χ1n) is 9.20. The van der Waals surface area contributed by atoms with Gasteiger partial charge < -0.3 is 4.74 Å². The second-order valence-corrected chi connectivity index (χ2v) is 5.91. The number of hydrogen-bond donors (Lipinski definition) is 0. The maximum absolute atomic E-state index is 10.6. The molecule has 0 rings (SSSR count). The molecule has 0 aromatic rings. The molecule has 0 aliphatic heterocycles. The molecule has 0 atom stereocenters. The monoisotopic (exact) mass is 308 g/mol. The molecule has 128 valence electrons. The number of unbranched alkanes of at least 4 members (excludes halogenated alkanes) is 9. The maximum atomic E-state index is 10.6. The summed E-state index contributed by atoms with van der Waals surface area (Å²) in [5.41, 5.74) is 0. The van der Waals surface area contributed by atoms with Gasteiger partial charge in [0.2, 0.25) is 0 Å². The summed E-state index contributed by atoms with van der Waals surface area (Å²) in [5, 5.41) is 0. The first-order valence-corrected chi connectivity index (χ1v) is 9.20. The molecule has 0 unspecified atom stereocenters. The van der Waals surface area contributed by atoms with Crippen LogP contribution >= 0.6 is 0 Å². The largest absolute Gasteiger partial charge is 0.466 e. The predicted molar refractivity (Wildman–Crippen MR) is 96.0 cm³/mol. The van der Waals surface area contributed by atoms with Crippen molar-refractivity contribution >= 4 is 5.97 Å². The van der Waals surface area contributed by atoms with Crippen molar-refractivity contribution in [2.45, 2.75) is 90.9 Å². The van der Waals surface area contributed by atoms with Gasteiger partial charge in [-0.15, -0.1) is 0 Å². The minimum absolute atomic E-state index is 0.178. The molecular formula is C20H36O2. The molecule has 2 nitrogen and oxygen atoms in total. The molecule has 0 aromatic carbocycles. The third-order valence-corrected chi connectivity index (χ3v) is 3.63. The maximum Gasteiger partial charge on any atom is 0.302 e. The zero-order chi connectivity index (χ0) is 16.3. The number of rotatable bonds is 15. The standard InChI is InChI=1S/C20H36O2/c1-3-4-5-6-7-8-9-10-11-12-13-14-15-16-17-18-19-22-20(2)21/h10-11,14-15H,3-9,12-13,16-19H2,1-2H3. The second kappa shape index (κ2) is 18.0. The Hall–Kier alpha value is -1.05. The Kier molecular flexibility index (Phi) is 17.1. The lowest BCUT2D eigenvalue weighted by Crippen LogP contribution is -1.99. The van der Waals surface area contributed by atoms with Gasteiger partial charge in [-0.2, -0.15) is 0 Å². The fourth-order valence-corrected chi connectivity index (χ4v) is 2.29. The Morgan fingerprint density at radius 1 is 0.727 bits per heavy atom. The van der Waals surface area contributed by atoms with Gasteiger partial charge in [-0.1, -0.05) is 63.3 Å². The molecular weight excluding hydrogens is 272 g/mol. The van der Waals surface area contributed by atoms with Crippen LogP contribution in [0.1, 0.15) is 90.9 Å². The summed E-state index contributed by atoms with van der Waals surface area (Å²) in [6, 6.07) is 0. The van der Waals surface area contributed by atoms with E-state index in [4.69, 9.17) is 4.74 Å². The van der Waals surface area contributed by atoms with Gasteiger partial charge in [0.25, 0.3) is 0 Å². The van der Waals surface area contributed by atoms with Crippen molar-refractivity contribution in [2.24, 2.45) is 0 Å². The van der Waals surface area contributed by atoms with E-state index in [1.54, 1.807) is 0 Å². The van der Waals surface area contributed by atoms with Crippen LogP contribution in [0.5, 0.6) is 0 Å². The van der Waals surface area contributed by atoms with E-state index in [0.29, 0.717) is 6.61 Å². The molecule has 22 heavy (non-hydrogen) atoms. The van der Waals surface area contributed by atoms with Gasteiger partial charge in [-0.25, -0.2) is 0 Å². The van der Waals surface area contributed by atoms with Gasteiger partial charge in [0.1, 0.15) is 0 Å². The smallest absolute Gasteiger partial charge is 0.302 e. The van der Waals surface area contributed by atoms with Gasteiger partial charge in [0, 0.05) is 6.92 Å². The Morgan fingerprint density at radius 3 is 1.82 bits per heavy atom. The number of esters is 1. The predicted octanol–water partition coefficient (Wildman–Crippen LogP) is 6.36. The van der Waals surface area contributed by atoms with Crippen LogP contribution < -0.4 is 0 Å². The summed E-state index contributed by atoms with van der Waals surface area (Å²) in [5.74, 6) is -0.178. The highest BCUT2D eigenvalue weighted by molar-refractivity contribution is 5.65. The van der Waals surface area contributed by atoms with Crippen molar-refractivity contribution in [3.63, 3.8) is 0 Å². The summed E-state index contributed by atoms with van der Waals surface area (Å²) in [7, 11) is 0. The van der Waals surface area contributed by atoms with Crippen molar-refractivity contribution in [3.05, 3.63) is 24.3 Å². The van der Waals surface area contributed by atoms with Gasteiger partial charge in [0.05, 0.1) is 6.61 Å². The minimum atomic E-state index is -0.178. The Bertz CT molecular complexity index is 292. The Labute approximate surface area is 138 Å². The fourth-order valence-electron chi connectivity index (χ4n) is 2.29. The summed E-state index contributed by atoms with van der Waals surface area (Å²) in [4.78, 5) is 10.6. The van der Waals surface area contributed by atoms with Crippen LogP contribution in [0.15, 0.2) is 24.3 Å². The molecule has 0 N–H and O–H groups in total. The Morgan fingerprint density at radius 2 is 1.23 bits per heavy atom. The van der Waals surface area contributed by atoms with E-state index in [0.717, 1.165) is 32.1 Å². The first-order chi connectivity index (χ1) is 10.8. The number of ether oxygens (including phenoxy) is 1. The lowest BCUT2D eigenvalue weighted by molar-refractivity contribution is -0.141. The van der Waals surface area contributed by atoms with Crippen LogP contribution in [0.25, 0.3) is 0 Å². The van der Waals surface area contributed by atoms with E-state index >= 15 is 0 Å². The van der Waals surface area contributed by atoms with Crippen molar-refractivity contribution in [3.8, 4) is 0 Å². The SMILES string of the molecule is CCCCCCCCC=CCCC=CCCCCOC(C)=O. The zero-order valence-electron chi connectivity index (χ0n) is 14.8. The van der Waals surface area contributed by atoms with Gasteiger partial charge in [-0.05, 0) is 44.9 Å². The molecule has 0 heterocycles. The van der Waals surface area contributed by atoms with Crippen LogP contribution in [0.4, 0.5) is 0 Å². The van der Waals surface area contributed by atoms with E-state index < -0.39 is 0 Å². The summed E-state index contributed by atoms with van der Waals surface area (Å²) in [6.45, 7) is 4.28. The Balaban J connectivity index is 3.18. The average molecular weight is 309 g/mol. The quantitative estimate of drug-likeness (QED) is 0.200. The van der Waals surface area contributed by atoms with Crippen molar-refractivity contribution in [1.29, 1.82) is 0 Å². The van der Waals surface area contributed by atoms with Crippen molar-refractivity contribution in [2.75, 3.05) is 6.61 Å². The van der Waals surface area contributed by atoms with E-state index in [1.807, 2.05) is 0 Å². The minimum Gasteiger partial charge on any atom is -0.466 e.